The summed E-state index contributed by atoms with van der Waals surface area (Å²) < 4.78 is 82.6. The zero-order valence-electron chi connectivity index (χ0n) is 26.2. The largest absolute Gasteiger partial charge is 0.416 e. The van der Waals surface area contributed by atoms with Crippen molar-refractivity contribution in [3.63, 3.8) is 0 Å². The van der Waals surface area contributed by atoms with Gasteiger partial charge in [-0.2, -0.15) is 26.3 Å². The molecule has 0 amide bonds. The number of nitrogens with one attached hydrogen (secondary N) is 1. The average Bonchev–Trinajstić information content (AvgIpc) is 3.93. The van der Waals surface area contributed by atoms with Gasteiger partial charge in [0.25, 0.3) is 0 Å². The Labute approximate surface area is 265 Å². The van der Waals surface area contributed by atoms with Gasteiger partial charge in [0.1, 0.15) is 5.84 Å². The van der Waals surface area contributed by atoms with Crippen molar-refractivity contribution >= 4 is 17.5 Å². The summed E-state index contributed by atoms with van der Waals surface area (Å²) in [6.45, 7) is 3.89. The number of amidine groups is 1. The Kier molecular flexibility index (Phi) is 8.73. The van der Waals surface area contributed by atoms with Gasteiger partial charge in [-0.15, -0.1) is 10.2 Å². The summed E-state index contributed by atoms with van der Waals surface area (Å²) in [5.74, 6) is 2.28. The number of hydrazone groups is 1. The fourth-order valence-electron chi connectivity index (χ4n) is 6.13. The molecule has 2 aromatic carbocycles. The highest BCUT2D eigenvalue weighted by molar-refractivity contribution is 5.93. The molecular weight excluding hydrogens is 608 g/mol. The quantitative estimate of drug-likeness (QED) is 0.296. The van der Waals surface area contributed by atoms with E-state index in [9.17, 15) is 26.3 Å². The Hall–Kier alpha value is -3.74. The summed E-state index contributed by atoms with van der Waals surface area (Å²) in [4.78, 5) is 9.45. The fourth-order valence-corrected chi connectivity index (χ4v) is 6.13. The Morgan fingerprint density at radius 3 is 1.91 bits per heavy atom. The van der Waals surface area contributed by atoms with Gasteiger partial charge >= 0.3 is 12.4 Å². The molecule has 0 aromatic heterocycles. The number of nitrogens with zero attached hydrogens (tertiary/aromatic N) is 6. The third kappa shape index (κ3) is 7.62. The first kappa shape index (κ1) is 32.2. The number of alkyl halides is 6. The average molecular weight is 648 g/mol. The standard InChI is InChI=1S/C33H39F6N7/c1-21-13-26(30(40-29(21)25-7-5-4-6-8-25)45(17-22-9-10-22)18-23-11-12-23)20-46(31-41-43(2)44(3)42-31)19-24-14-27(32(34,35)36)16-28(15-24)33(37,38)39/h4-8,14-16,22-23,26H,9-13,17-20H2,1-3H3,(H,41,42). The lowest BCUT2D eigenvalue weighted by atomic mass is 9.91. The Morgan fingerprint density at radius 1 is 0.826 bits per heavy atom. The molecule has 1 atom stereocenters. The van der Waals surface area contributed by atoms with E-state index >= 15 is 0 Å². The molecule has 13 heteroatoms. The van der Waals surface area contributed by atoms with Crippen LogP contribution in [0.1, 0.15) is 61.3 Å². The molecule has 0 radical (unpaired) electrons. The second kappa shape index (κ2) is 12.5. The van der Waals surface area contributed by atoms with E-state index in [2.05, 4.69) is 15.4 Å². The predicted octanol–water partition coefficient (Wildman–Crippen LogP) is 7.07. The van der Waals surface area contributed by atoms with Crippen LogP contribution in [0.25, 0.3) is 5.70 Å². The van der Waals surface area contributed by atoms with E-state index < -0.39 is 23.5 Å². The third-order valence-electron chi connectivity index (χ3n) is 8.97. The van der Waals surface area contributed by atoms with Crippen LogP contribution in [0.2, 0.25) is 0 Å². The van der Waals surface area contributed by atoms with Gasteiger partial charge in [-0.05, 0) is 80.2 Å². The molecule has 7 nitrogen and oxygen atoms in total. The van der Waals surface area contributed by atoms with Crippen LogP contribution in [-0.4, -0.2) is 65.6 Å². The smallest absolute Gasteiger partial charge is 0.359 e. The Balaban J connectivity index is 1.38. The molecule has 2 heterocycles. The summed E-state index contributed by atoms with van der Waals surface area (Å²) in [7, 11) is 3.42. The van der Waals surface area contributed by atoms with Crippen molar-refractivity contribution in [2.45, 2.75) is 57.9 Å². The minimum absolute atomic E-state index is 0.108. The van der Waals surface area contributed by atoms with Gasteiger partial charge in [-0.1, -0.05) is 30.3 Å². The van der Waals surface area contributed by atoms with Crippen molar-refractivity contribution in [3.8, 4) is 0 Å². The zero-order chi connectivity index (χ0) is 32.8. The Bertz CT molecular complexity index is 1460. The van der Waals surface area contributed by atoms with Crippen LogP contribution in [0.4, 0.5) is 26.3 Å². The molecule has 0 spiro atoms. The van der Waals surface area contributed by atoms with Gasteiger partial charge < -0.3 is 9.80 Å². The summed E-state index contributed by atoms with van der Waals surface area (Å²) in [5.41, 5.74) is 3.33. The minimum Gasteiger partial charge on any atom is -0.359 e. The van der Waals surface area contributed by atoms with Gasteiger partial charge in [0.05, 0.1) is 16.8 Å². The maximum Gasteiger partial charge on any atom is 0.416 e. The van der Waals surface area contributed by atoms with Gasteiger partial charge in [0.15, 0.2) is 0 Å². The molecule has 6 rings (SSSR count). The molecule has 0 bridgehead atoms. The number of allylic oxidation sites excluding steroid dienone is 1. The summed E-state index contributed by atoms with van der Waals surface area (Å²) in [6, 6.07) is 11.7. The third-order valence-corrected chi connectivity index (χ3v) is 8.97. The van der Waals surface area contributed by atoms with Crippen molar-refractivity contribution in [1.82, 2.24) is 25.5 Å². The molecule has 2 aromatic rings. The summed E-state index contributed by atoms with van der Waals surface area (Å²) in [6.07, 6.45) is -4.56. The molecule has 0 saturated heterocycles. The van der Waals surface area contributed by atoms with Crippen LogP contribution in [-0.2, 0) is 18.9 Å². The first-order valence-electron chi connectivity index (χ1n) is 15.7. The highest BCUT2D eigenvalue weighted by Gasteiger charge is 2.39. The second-order valence-electron chi connectivity index (χ2n) is 13.0. The van der Waals surface area contributed by atoms with Crippen molar-refractivity contribution in [1.29, 1.82) is 0 Å². The van der Waals surface area contributed by atoms with E-state index in [0.29, 0.717) is 24.2 Å². The number of halogens is 6. The fraction of sp³-hybridized carbons (Fsp3) is 0.515. The lowest BCUT2D eigenvalue weighted by Gasteiger charge is -2.37. The van der Waals surface area contributed by atoms with E-state index in [1.54, 1.807) is 24.1 Å². The molecule has 2 aliphatic carbocycles. The van der Waals surface area contributed by atoms with Crippen LogP contribution >= 0.6 is 0 Å². The zero-order valence-corrected chi connectivity index (χ0v) is 26.2. The Morgan fingerprint density at radius 2 is 1.41 bits per heavy atom. The van der Waals surface area contributed by atoms with Crippen molar-refractivity contribution in [3.05, 3.63) is 76.4 Å². The van der Waals surface area contributed by atoms with E-state index in [1.165, 1.54) is 30.8 Å². The van der Waals surface area contributed by atoms with Crippen LogP contribution in [0, 0.1) is 17.8 Å². The van der Waals surface area contributed by atoms with E-state index in [0.717, 1.165) is 47.9 Å². The van der Waals surface area contributed by atoms with Crippen molar-refractivity contribution in [2.75, 3.05) is 33.7 Å². The minimum atomic E-state index is -4.94. The summed E-state index contributed by atoms with van der Waals surface area (Å²) >= 11 is 0. The maximum absolute atomic E-state index is 13.8. The normalized spacial score (nSPS) is 20.9. The first-order chi connectivity index (χ1) is 21.7. The molecule has 1 N–H and O–H groups in total. The monoisotopic (exact) mass is 647 g/mol. The molecule has 2 aliphatic heterocycles. The SMILES string of the molecule is CC1=C(c2ccccc2)N=C(N(CC2CC2)CC2CC2)C(CN(Cc2cc(C(F)(F)F)cc(C(F)(F)F)c2)C2=NN(C)N(C)N2)C1. The lowest BCUT2D eigenvalue weighted by molar-refractivity contribution is -0.143. The number of benzene rings is 2. The van der Waals surface area contributed by atoms with E-state index in [-0.39, 0.29) is 30.6 Å². The predicted molar refractivity (Wildman–Crippen MR) is 165 cm³/mol. The van der Waals surface area contributed by atoms with Crippen molar-refractivity contribution < 1.29 is 26.3 Å². The molecular formula is C33H39F6N7. The van der Waals surface area contributed by atoms with Gasteiger partial charge in [-0.3, -0.25) is 5.43 Å². The van der Waals surface area contributed by atoms with E-state index in [4.69, 9.17) is 4.99 Å². The van der Waals surface area contributed by atoms with Gasteiger partial charge in [-0.25, -0.2) is 10.1 Å². The first-order valence-corrected chi connectivity index (χ1v) is 15.7. The molecule has 2 fully saturated rings. The summed E-state index contributed by atoms with van der Waals surface area (Å²) in [5, 5.41) is 7.64. The number of guanidine groups is 1. The molecule has 46 heavy (non-hydrogen) atoms. The molecule has 248 valence electrons. The maximum atomic E-state index is 13.8. The van der Waals surface area contributed by atoms with E-state index in [1.807, 2.05) is 37.3 Å². The van der Waals surface area contributed by atoms with Crippen LogP contribution < -0.4 is 5.43 Å². The molecule has 4 aliphatic rings. The number of hydrogen-bond donors (Lipinski definition) is 1. The number of hydrogen-bond acceptors (Lipinski definition) is 7. The topological polar surface area (TPSA) is 49.7 Å². The molecule has 1 unspecified atom stereocenters. The number of hydrazine groups is 2. The lowest BCUT2D eigenvalue weighted by Crippen LogP contribution is -2.49. The van der Waals surface area contributed by atoms with Crippen LogP contribution in [0.3, 0.4) is 0 Å². The number of aliphatic imine (C=N–C) groups is 1. The number of rotatable bonds is 9. The van der Waals surface area contributed by atoms with Crippen molar-refractivity contribution in [2.24, 2.45) is 27.8 Å². The highest BCUT2D eigenvalue weighted by Crippen LogP contribution is 2.39. The van der Waals surface area contributed by atoms with Gasteiger partial charge in [0.2, 0.25) is 5.96 Å². The van der Waals surface area contributed by atoms with Gasteiger partial charge in [0, 0.05) is 51.8 Å². The molecule has 2 saturated carbocycles. The van der Waals surface area contributed by atoms with Crippen LogP contribution in [0.5, 0.6) is 0 Å². The van der Waals surface area contributed by atoms with Crippen LogP contribution in [0.15, 0.2) is 64.2 Å². The highest BCUT2D eigenvalue weighted by atomic mass is 19.4. The second-order valence-corrected chi connectivity index (χ2v) is 13.0.